The van der Waals surface area contributed by atoms with Gasteiger partial charge in [0.1, 0.15) is 5.78 Å². The van der Waals surface area contributed by atoms with Crippen LogP contribution in [-0.4, -0.2) is 5.78 Å². The molecular weight excluding hydrogens is 232 g/mol. The Hall–Kier alpha value is -1.37. The van der Waals surface area contributed by atoms with E-state index in [0.29, 0.717) is 11.7 Å². The van der Waals surface area contributed by atoms with Gasteiger partial charge in [0.25, 0.3) is 0 Å². The molecule has 2 atom stereocenters. The lowest BCUT2D eigenvalue weighted by Crippen LogP contribution is -2.34. The molecule has 0 aliphatic heterocycles. The maximum Gasteiger partial charge on any atom is 0.143 e. The molecule has 2 fully saturated rings. The second-order valence-corrected chi connectivity index (χ2v) is 6.75. The van der Waals surface area contributed by atoms with Gasteiger partial charge in [-0.2, -0.15) is 0 Å². The standard InChI is InChI=1S/C18H22O/c1-13(14-7-5-4-6-8-14)12-18-10-9-15(11-16(18)19)17(18,2)3/h4-8,12,15H,9-11H2,1-3H3/b13-12+. The van der Waals surface area contributed by atoms with Crippen molar-refractivity contribution in [3.8, 4) is 0 Å². The van der Waals surface area contributed by atoms with Crippen molar-refractivity contribution in [2.45, 2.75) is 40.0 Å². The lowest BCUT2D eigenvalue weighted by molar-refractivity contribution is -0.126. The van der Waals surface area contributed by atoms with Crippen LogP contribution in [0.5, 0.6) is 0 Å². The fourth-order valence-corrected chi connectivity index (χ4v) is 4.20. The van der Waals surface area contributed by atoms with E-state index in [0.717, 1.165) is 12.8 Å². The summed E-state index contributed by atoms with van der Waals surface area (Å²) < 4.78 is 0. The summed E-state index contributed by atoms with van der Waals surface area (Å²) in [5.74, 6) is 1.05. The minimum Gasteiger partial charge on any atom is -0.299 e. The molecule has 0 radical (unpaired) electrons. The number of hydrogen-bond acceptors (Lipinski definition) is 1. The van der Waals surface area contributed by atoms with Gasteiger partial charge in [-0.25, -0.2) is 0 Å². The smallest absolute Gasteiger partial charge is 0.143 e. The van der Waals surface area contributed by atoms with E-state index in [-0.39, 0.29) is 10.8 Å². The first-order valence-corrected chi connectivity index (χ1v) is 7.25. The van der Waals surface area contributed by atoms with E-state index in [1.54, 1.807) is 0 Å². The number of ketones is 1. The van der Waals surface area contributed by atoms with Gasteiger partial charge in [0, 0.05) is 6.42 Å². The molecule has 0 spiro atoms. The number of carbonyl (C=O) groups excluding carboxylic acids is 1. The van der Waals surface area contributed by atoms with E-state index in [1.807, 2.05) is 6.07 Å². The number of hydrogen-bond donors (Lipinski definition) is 0. The van der Waals surface area contributed by atoms with Gasteiger partial charge in [-0.15, -0.1) is 0 Å². The van der Waals surface area contributed by atoms with Crippen molar-refractivity contribution in [2.75, 3.05) is 0 Å². The zero-order valence-corrected chi connectivity index (χ0v) is 12.1. The third kappa shape index (κ3) is 1.64. The molecule has 19 heavy (non-hydrogen) atoms. The Labute approximate surface area is 115 Å². The molecule has 2 aliphatic carbocycles. The molecule has 1 nitrogen and oxygen atoms in total. The first-order valence-electron chi connectivity index (χ1n) is 7.25. The van der Waals surface area contributed by atoms with Gasteiger partial charge in [-0.1, -0.05) is 50.3 Å². The van der Waals surface area contributed by atoms with E-state index >= 15 is 0 Å². The summed E-state index contributed by atoms with van der Waals surface area (Å²) in [5, 5.41) is 0. The van der Waals surface area contributed by atoms with E-state index in [4.69, 9.17) is 0 Å². The van der Waals surface area contributed by atoms with Crippen LogP contribution in [0.4, 0.5) is 0 Å². The lowest BCUT2D eigenvalue weighted by Gasteiger charge is -2.34. The minimum absolute atomic E-state index is 0.125. The molecule has 1 aromatic rings. The molecule has 0 amide bonds. The molecule has 1 aromatic carbocycles. The van der Waals surface area contributed by atoms with Gasteiger partial charge in [0.05, 0.1) is 5.41 Å². The van der Waals surface area contributed by atoms with Crippen molar-refractivity contribution in [2.24, 2.45) is 16.7 Å². The SMILES string of the molecule is C/C(=C\C12CCC(CC1=O)C2(C)C)c1ccccc1. The zero-order chi connectivity index (χ0) is 13.7. The molecule has 0 aromatic heterocycles. The molecule has 0 saturated heterocycles. The Morgan fingerprint density at radius 3 is 2.47 bits per heavy atom. The number of benzene rings is 1. The number of allylic oxidation sites excluding steroid dienone is 2. The van der Waals surface area contributed by atoms with Crippen LogP contribution in [-0.2, 0) is 4.79 Å². The molecule has 1 heteroatoms. The highest BCUT2D eigenvalue weighted by molar-refractivity contribution is 5.93. The largest absolute Gasteiger partial charge is 0.299 e. The molecule has 2 aliphatic rings. The van der Waals surface area contributed by atoms with Crippen molar-refractivity contribution in [1.29, 1.82) is 0 Å². The molecule has 100 valence electrons. The fraction of sp³-hybridized carbons (Fsp3) is 0.500. The highest BCUT2D eigenvalue weighted by atomic mass is 16.1. The van der Waals surface area contributed by atoms with Crippen molar-refractivity contribution in [3.63, 3.8) is 0 Å². The molecule has 2 unspecified atom stereocenters. The maximum atomic E-state index is 12.5. The van der Waals surface area contributed by atoms with Crippen LogP contribution in [0.3, 0.4) is 0 Å². The molecule has 3 rings (SSSR count). The lowest BCUT2D eigenvalue weighted by atomic mass is 9.68. The second kappa shape index (κ2) is 4.06. The summed E-state index contributed by atoms with van der Waals surface area (Å²) in [6.45, 7) is 6.70. The van der Waals surface area contributed by atoms with Gasteiger partial charge in [0.15, 0.2) is 0 Å². The predicted molar refractivity (Wildman–Crippen MR) is 78.7 cm³/mol. The fourth-order valence-electron chi connectivity index (χ4n) is 4.20. The Morgan fingerprint density at radius 2 is 1.95 bits per heavy atom. The van der Waals surface area contributed by atoms with Gasteiger partial charge in [-0.05, 0) is 42.2 Å². The van der Waals surface area contributed by atoms with E-state index < -0.39 is 0 Å². The molecule has 2 saturated carbocycles. The van der Waals surface area contributed by atoms with Crippen LogP contribution in [0, 0.1) is 16.7 Å². The monoisotopic (exact) mass is 254 g/mol. The van der Waals surface area contributed by atoms with Gasteiger partial charge < -0.3 is 0 Å². The summed E-state index contributed by atoms with van der Waals surface area (Å²) in [5.41, 5.74) is 2.39. The number of carbonyl (C=O) groups is 1. The highest BCUT2D eigenvalue weighted by Crippen LogP contribution is 2.65. The Balaban J connectivity index is 2.04. The Bertz CT molecular complexity index is 538. The normalized spacial score (nSPS) is 32.9. The number of rotatable bonds is 2. The maximum absolute atomic E-state index is 12.5. The molecule has 0 N–H and O–H groups in total. The van der Waals surface area contributed by atoms with Crippen LogP contribution >= 0.6 is 0 Å². The van der Waals surface area contributed by atoms with Crippen molar-refractivity contribution in [3.05, 3.63) is 42.0 Å². The van der Waals surface area contributed by atoms with Gasteiger partial charge in [0.2, 0.25) is 0 Å². The molecule has 0 heterocycles. The van der Waals surface area contributed by atoms with Crippen LogP contribution in [0.25, 0.3) is 5.57 Å². The topological polar surface area (TPSA) is 17.1 Å². The second-order valence-electron chi connectivity index (χ2n) is 6.75. The summed E-state index contributed by atoms with van der Waals surface area (Å²) in [7, 11) is 0. The molecular formula is C18H22O. The third-order valence-electron chi connectivity index (χ3n) is 5.68. The van der Waals surface area contributed by atoms with Crippen LogP contribution in [0.15, 0.2) is 36.4 Å². The van der Waals surface area contributed by atoms with Crippen LogP contribution < -0.4 is 0 Å². The van der Waals surface area contributed by atoms with Crippen molar-refractivity contribution >= 4 is 11.4 Å². The van der Waals surface area contributed by atoms with Crippen LogP contribution in [0.2, 0.25) is 0 Å². The van der Waals surface area contributed by atoms with E-state index in [9.17, 15) is 4.79 Å². The highest BCUT2D eigenvalue weighted by Gasteiger charge is 2.62. The predicted octanol–water partition coefficient (Wildman–Crippen LogP) is 4.49. The Kier molecular flexibility index (Phi) is 2.70. The summed E-state index contributed by atoms with van der Waals surface area (Å²) in [4.78, 5) is 12.5. The first kappa shape index (κ1) is 12.7. The Morgan fingerprint density at radius 1 is 1.26 bits per heavy atom. The van der Waals surface area contributed by atoms with Crippen LogP contribution in [0.1, 0.15) is 45.6 Å². The minimum atomic E-state index is -0.211. The van der Waals surface area contributed by atoms with Crippen molar-refractivity contribution in [1.82, 2.24) is 0 Å². The first-order chi connectivity index (χ1) is 8.97. The quantitative estimate of drug-likeness (QED) is 0.760. The van der Waals surface area contributed by atoms with Crippen molar-refractivity contribution < 1.29 is 4.79 Å². The van der Waals surface area contributed by atoms with Gasteiger partial charge >= 0.3 is 0 Å². The average Bonchev–Trinajstić information content (AvgIpc) is 2.74. The summed E-state index contributed by atoms with van der Waals surface area (Å²) in [6, 6.07) is 10.4. The number of fused-ring (bicyclic) bond motifs is 2. The van der Waals surface area contributed by atoms with Gasteiger partial charge in [-0.3, -0.25) is 4.79 Å². The number of Topliss-reactive ketones (excluding diaryl/α,β-unsaturated/α-hetero) is 1. The van der Waals surface area contributed by atoms with E-state index in [2.05, 4.69) is 51.1 Å². The average molecular weight is 254 g/mol. The zero-order valence-electron chi connectivity index (χ0n) is 12.1. The third-order valence-corrected chi connectivity index (χ3v) is 5.68. The van der Waals surface area contributed by atoms with E-state index in [1.165, 1.54) is 17.6 Å². The molecule has 2 bridgehead atoms. The summed E-state index contributed by atoms with van der Waals surface area (Å²) in [6.07, 6.45) is 5.30. The summed E-state index contributed by atoms with van der Waals surface area (Å²) >= 11 is 0.